The zero-order valence-corrected chi connectivity index (χ0v) is 13.1. The van der Waals surface area contributed by atoms with Crippen LogP contribution in [-0.2, 0) is 6.54 Å². The lowest BCUT2D eigenvalue weighted by Crippen LogP contribution is -2.42. The first-order valence-corrected chi connectivity index (χ1v) is 7.68. The second kappa shape index (κ2) is 6.90. The molecular formula is C14H20BrClN2. The molecule has 1 N–H and O–H groups in total. The number of hydrogen-bond donors (Lipinski definition) is 1. The van der Waals surface area contributed by atoms with Gasteiger partial charge < -0.3 is 10.2 Å². The highest BCUT2D eigenvalue weighted by Crippen LogP contribution is 2.22. The fourth-order valence-electron chi connectivity index (χ4n) is 2.46. The number of benzene rings is 1. The van der Waals surface area contributed by atoms with E-state index in [-0.39, 0.29) is 0 Å². The molecule has 1 aromatic carbocycles. The minimum Gasteiger partial charge on any atom is -0.313 e. The van der Waals surface area contributed by atoms with Crippen molar-refractivity contribution < 1.29 is 0 Å². The molecule has 18 heavy (non-hydrogen) atoms. The lowest BCUT2D eigenvalue weighted by atomic mass is 10.0. The van der Waals surface area contributed by atoms with Crippen molar-refractivity contribution >= 4 is 27.5 Å². The zero-order chi connectivity index (χ0) is 13.0. The van der Waals surface area contributed by atoms with Crippen LogP contribution in [-0.4, -0.2) is 31.1 Å². The van der Waals surface area contributed by atoms with Crippen molar-refractivity contribution in [3.63, 3.8) is 0 Å². The second-order valence-electron chi connectivity index (χ2n) is 5.08. The molecule has 2 rings (SSSR count). The fraction of sp³-hybridized carbons (Fsp3) is 0.571. The van der Waals surface area contributed by atoms with Crippen molar-refractivity contribution in [1.82, 2.24) is 10.2 Å². The molecule has 0 aliphatic carbocycles. The Labute approximate surface area is 123 Å². The van der Waals surface area contributed by atoms with E-state index in [0.717, 1.165) is 22.6 Å². The molecule has 0 spiro atoms. The SMILES string of the molecule is CN(Cc1ccc(Cl)cc1Br)CC1CCCCN1. The van der Waals surface area contributed by atoms with E-state index in [4.69, 9.17) is 11.6 Å². The predicted octanol–water partition coefficient (Wildman–Crippen LogP) is 3.68. The molecule has 0 saturated carbocycles. The van der Waals surface area contributed by atoms with E-state index >= 15 is 0 Å². The summed E-state index contributed by atoms with van der Waals surface area (Å²) in [5, 5.41) is 4.36. The van der Waals surface area contributed by atoms with Gasteiger partial charge in [0.1, 0.15) is 0 Å². The topological polar surface area (TPSA) is 15.3 Å². The van der Waals surface area contributed by atoms with Crippen LogP contribution in [0, 0.1) is 0 Å². The zero-order valence-electron chi connectivity index (χ0n) is 10.8. The number of piperidine rings is 1. The van der Waals surface area contributed by atoms with Gasteiger partial charge in [0, 0.05) is 28.6 Å². The van der Waals surface area contributed by atoms with Gasteiger partial charge >= 0.3 is 0 Å². The highest BCUT2D eigenvalue weighted by atomic mass is 79.9. The van der Waals surface area contributed by atoms with Gasteiger partial charge in [0.05, 0.1) is 0 Å². The van der Waals surface area contributed by atoms with Crippen molar-refractivity contribution in [3.05, 3.63) is 33.3 Å². The number of rotatable bonds is 4. The smallest absolute Gasteiger partial charge is 0.0417 e. The third-order valence-corrected chi connectivity index (χ3v) is 4.37. The van der Waals surface area contributed by atoms with Crippen LogP contribution in [0.25, 0.3) is 0 Å². The standard InChI is InChI=1S/C14H20BrClN2/c1-18(10-13-4-2-3-7-17-13)9-11-5-6-12(16)8-14(11)15/h5-6,8,13,17H,2-4,7,9-10H2,1H3. The van der Waals surface area contributed by atoms with Gasteiger partial charge in [-0.2, -0.15) is 0 Å². The Balaban J connectivity index is 1.87. The van der Waals surface area contributed by atoms with Crippen molar-refractivity contribution in [1.29, 1.82) is 0 Å². The summed E-state index contributed by atoms with van der Waals surface area (Å²) in [4.78, 5) is 2.37. The minimum atomic E-state index is 0.648. The summed E-state index contributed by atoms with van der Waals surface area (Å²) in [6.45, 7) is 3.23. The maximum Gasteiger partial charge on any atom is 0.0417 e. The average molecular weight is 332 g/mol. The summed E-state index contributed by atoms with van der Waals surface area (Å²) in [7, 11) is 2.18. The minimum absolute atomic E-state index is 0.648. The molecule has 1 saturated heterocycles. The van der Waals surface area contributed by atoms with Gasteiger partial charge in [0.15, 0.2) is 0 Å². The Morgan fingerprint density at radius 2 is 2.28 bits per heavy atom. The summed E-state index contributed by atoms with van der Waals surface area (Å²) in [6, 6.07) is 6.66. The first-order valence-electron chi connectivity index (χ1n) is 6.51. The maximum atomic E-state index is 5.96. The number of hydrogen-bond acceptors (Lipinski definition) is 2. The first-order chi connectivity index (χ1) is 8.65. The number of halogens is 2. The monoisotopic (exact) mass is 330 g/mol. The number of likely N-dealkylation sites (N-methyl/N-ethyl adjacent to an activating group) is 1. The Hall–Kier alpha value is -0.0900. The van der Waals surface area contributed by atoms with Crippen LogP contribution in [0.2, 0.25) is 5.02 Å². The third-order valence-electron chi connectivity index (χ3n) is 3.40. The van der Waals surface area contributed by atoms with E-state index in [2.05, 4.69) is 39.3 Å². The molecule has 1 heterocycles. The summed E-state index contributed by atoms with van der Waals surface area (Å²) >= 11 is 9.53. The van der Waals surface area contributed by atoms with Crippen molar-refractivity contribution in [2.24, 2.45) is 0 Å². The average Bonchev–Trinajstić information content (AvgIpc) is 2.34. The van der Waals surface area contributed by atoms with Crippen molar-refractivity contribution in [2.75, 3.05) is 20.1 Å². The van der Waals surface area contributed by atoms with Gasteiger partial charge in [-0.3, -0.25) is 0 Å². The van der Waals surface area contributed by atoms with E-state index in [1.165, 1.54) is 31.4 Å². The molecule has 0 aromatic heterocycles. The maximum absolute atomic E-state index is 5.96. The van der Waals surface area contributed by atoms with Crippen LogP contribution in [0.3, 0.4) is 0 Å². The van der Waals surface area contributed by atoms with E-state index in [1.54, 1.807) is 0 Å². The van der Waals surface area contributed by atoms with E-state index in [9.17, 15) is 0 Å². The Morgan fingerprint density at radius 1 is 1.44 bits per heavy atom. The van der Waals surface area contributed by atoms with Gasteiger partial charge in [-0.05, 0) is 44.1 Å². The van der Waals surface area contributed by atoms with Crippen LogP contribution in [0.15, 0.2) is 22.7 Å². The van der Waals surface area contributed by atoms with Crippen LogP contribution < -0.4 is 5.32 Å². The molecule has 0 bridgehead atoms. The normalized spacial score (nSPS) is 20.3. The highest BCUT2D eigenvalue weighted by Gasteiger charge is 2.15. The van der Waals surface area contributed by atoms with Crippen LogP contribution in [0.1, 0.15) is 24.8 Å². The van der Waals surface area contributed by atoms with E-state index < -0.39 is 0 Å². The summed E-state index contributed by atoms with van der Waals surface area (Å²) in [5.41, 5.74) is 1.29. The van der Waals surface area contributed by atoms with Gasteiger partial charge in [-0.25, -0.2) is 0 Å². The van der Waals surface area contributed by atoms with E-state index in [1.807, 2.05) is 12.1 Å². The first kappa shape index (κ1) is 14.3. The molecule has 4 heteroatoms. The predicted molar refractivity (Wildman–Crippen MR) is 81.1 cm³/mol. The number of nitrogens with zero attached hydrogens (tertiary/aromatic N) is 1. The van der Waals surface area contributed by atoms with Crippen LogP contribution in [0.4, 0.5) is 0 Å². The van der Waals surface area contributed by atoms with Gasteiger partial charge in [0.2, 0.25) is 0 Å². The second-order valence-corrected chi connectivity index (χ2v) is 6.37. The largest absolute Gasteiger partial charge is 0.313 e. The summed E-state index contributed by atoms with van der Waals surface area (Å²) < 4.78 is 1.10. The molecule has 1 atom stereocenters. The lowest BCUT2D eigenvalue weighted by molar-refractivity contribution is 0.256. The lowest BCUT2D eigenvalue weighted by Gasteiger charge is -2.28. The molecule has 2 nitrogen and oxygen atoms in total. The molecule has 1 aromatic rings. The van der Waals surface area contributed by atoms with Crippen molar-refractivity contribution in [3.8, 4) is 0 Å². The molecule has 1 aliphatic heterocycles. The molecule has 1 aliphatic rings. The van der Waals surface area contributed by atoms with Crippen molar-refractivity contribution in [2.45, 2.75) is 31.8 Å². The fourth-order valence-corrected chi connectivity index (χ4v) is 3.27. The molecule has 1 unspecified atom stereocenters. The molecule has 0 amide bonds. The number of nitrogens with one attached hydrogen (secondary N) is 1. The highest BCUT2D eigenvalue weighted by molar-refractivity contribution is 9.10. The molecule has 1 fully saturated rings. The summed E-state index contributed by atoms with van der Waals surface area (Å²) in [5.74, 6) is 0. The van der Waals surface area contributed by atoms with Gasteiger partial charge in [-0.15, -0.1) is 0 Å². The molecular weight excluding hydrogens is 312 g/mol. The Bertz CT molecular complexity index is 391. The summed E-state index contributed by atoms with van der Waals surface area (Å²) in [6.07, 6.45) is 3.98. The van der Waals surface area contributed by atoms with Gasteiger partial charge in [-0.1, -0.05) is 40.0 Å². The van der Waals surface area contributed by atoms with E-state index in [0.29, 0.717) is 6.04 Å². The molecule has 100 valence electrons. The quantitative estimate of drug-likeness (QED) is 0.905. The van der Waals surface area contributed by atoms with Gasteiger partial charge in [0.25, 0.3) is 0 Å². The van der Waals surface area contributed by atoms with Crippen LogP contribution in [0.5, 0.6) is 0 Å². The Morgan fingerprint density at radius 3 is 2.94 bits per heavy atom. The Kier molecular flexibility index (Phi) is 5.49. The third kappa shape index (κ3) is 4.23. The molecule has 0 radical (unpaired) electrons. The van der Waals surface area contributed by atoms with Crippen LogP contribution >= 0.6 is 27.5 Å².